The van der Waals surface area contributed by atoms with E-state index in [0.717, 1.165) is 25.0 Å². The van der Waals surface area contributed by atoms with Crippen LogP contribution in [-0.2, 0) is 7.05 Å². The zero-order chi connectivity index (χ0) is 16.2. The molecule has 2 aliphatic rings. The van der Waals surface area contributed by atoms with Crippen molar-refractivity contribution in [1.29, 1.82) is 5.26 Å². The summed E-state index contributed by atoms with van der Waals surface area (Å²) in [4.78, 5) is 13.3. The first-order valence-electron chi connectivity index (χ1n) is 7.47. The lowest BCUT2D eigenvalue weighted by Crippen LogP contribution is -2.15. The van der Waals surface area contributed by atoms with Gasteiger partial charge in [0, 0.05) is 25.4 Å². The molecule has 0 saturated heterocycles. The average molecular weight is 326 g/mol. The number of imidazole rings is 1. The molecule has 1 unspecified atom stereocenters. The van der Waals surface area contributed by atoms with Crippen LogP contribution in [0.25, 0.3) is 5.70 Å². The van der Waals surface area contributed by atoms with Crippen molar-refractivity contribution >= 4 is 29.2 Å². The number of nitrogens with zero attached hydrogens (tertiary/aromatic N) is 5. The quantitative estimate of drug-likeness (QED) is 0.739. The van der Waals surface area contributed by atoms with Crippen LogP contribution < -0.4 is 0 Å². The molecule has 1 aromatic rings. The van der Waals surface area contributed by atoms with E-state index in [-0.39, 0.29) is 11.6 Å². The summed E-state index contributed by atoms with van der Waals surface area (Å²) in [6.45, 7) is 0. The summed E-state index contributed by atoms with van der Waals surface area (Å²) in [6.07, 6.45) is 14.8. The summed E-state index contributed by atoms with van der Waals surface area (Å²) >= 11 is 6.13. The molecule has 0 aliphatic carbocycles. The minimum Gasteiger partial charge on any atom is -0.316 e. The molecule has 3 heterocycles. The third-order valence-corrected chi connectivity index (χ3v) is 4.27. The van der Waals surface area contributed by atoms with Gasteiger partial charge in [0.05, 0.1) is 5.71 Å². The van der Waals surface area contributed by atoms with Crippen LogP contribution in [0.15, 0.2) is 40.5 Å². The Labute approximate surface area is 140 Å². The Bertz CT molecular complexity index is 802. The molecular weight excluding hydrogens is 310 g/mol. The van der Waals surface area contributed by atoms with Gasteiger partial charge in [-0.1, -0.05) is 35.9 Å². The lowest BCUT2D eigenvalue weighted by molar-refractivity contribution is 0.859. The van der Waals surface area contributed by atoms with Gasteiger partial charge < -0.3 is 4.57 Å². The van der Waals surface area contributed by atoms with Crippen molar-refractivity contribution < 1.29 is 0 Å². The van der Waals surface area contributed by atoms with E-state index in [1.807, 2.05) is 18.3 Å². The fourth-order valence-corrected chi connectivity index (χ4v) is 2.73. The molecule has 5 nitrogen and oxygen atoms in total. The van der Waals surface area contributed by atoms with Gasteiger partial charge in [0.15, 0.2) is 11.5 Å². The van der Waals surface area contributed by atoms with Crippen LogP contribution in [0.3, 0.4) is 0 Å². The molecular formula is C17H16ClN5. The second-order valence-corrected chi connectivity index (χ2v) is 5.74. The summed E-state index contributed by atoms with van der Waals surface area (Å²) in [5.74, 6) is 0.860. The van der Waals surface area contributed by atoms with Gasteiger partial charge in [-0.2, -0.15) is 5.26 Å². The van der Waals surface area contributed by atoms with Crippen molar-refractivity contribution in [2.75, 3.05) is 0 Å². The summed E-state index contributed by atoms with van der Waals surface area (Å²) in [7, 11) is 1.78. The van der Waals surface area contributed by atoms with Gasteiger partial charge in [-0.15, -0.1) is 0 Å². The first kappa shape index (κ1) is 15.4. The number of fused-ring (bicyclic) bond motifs is 1. The Morgan fingerprint density at radius 1 is 1.35 bits per heavy atom. The lowest BCUT2D eigenvalue weighted by Gasteiger charge is -2.14. The zero-order valence-corrected chi connectivity index (χ0v) is 13.5. The molecule has 1 atom stereocenters. The van der Waals surface area contributed by atoms with E-state index < -0.39 is 0 Å². The molecule has 0 bridgehead atoms. The topological polar surface area (TPSA) is 66.3 Å². The third kappa shape index (κ3) is 3.17. The molecule has 0 saturated carbocycles. The molecule has 23 heavy (non-hydrogen) atoms. The number of nitriles is 1. The normalized spacial score (nSPS) is 24.1. The van der Waals surface area contributed by atoms with E-state index in [4.69, 9.17) is 16.9 Å². The summed E-state index contributed by atoms with van der Waals surface area (Å²) in [5.41, 5.74) is 1.85. The van der Waals surface area contributed by atoms with Crippen molar-refractivity contribution in [3.05, 3.63) is 47.2 Å². The fraction of sp³-hybridized carbons (Fsp3) is 0.294. The van der Waals surface area contributed by atoms with Crippen molar-refractivity contribution in [2.45, 2.75) is 19.3 Å². The molecule has 3 rings (SSSR count). The van der Waals surface area contributed by atoms with Gasteiger partial charge >= 0.3 is 0 Å². The number of aliphatic imine (C=N–C) groups is 2. The Balaban J connectivity index is 2.01. The maximum absolute atomic E-state index is 9.09. The highest BCUT2D eigenvalue weighted by molar-refractivity contribution is 6.33. The molecule has 116 valence electrons. The maximum Gasteiger partial charge on any atom is 0.178 e. The van der Waals surface area contributed by atoms with Crippen LogP contribution >= 0.6 is 11.6 Å². The molecule has 0 amide bonds. The first-order valence-corrected chi connectivity index (χ1v) is 7.84. The highest BCUT2D eigenvalue weighted by Crippen LogP contribution is 2.24. The highest BCUT2D eigenvalue weighted by Gasteiger charge is 2.17. The number of hydrogen-bond donors (Lipinski definition) is 0. The molecule has 1 aromatic heterocycles. The maximum atomic E-state index is 9.09. The first-order chi connectivity index (χ1) is 11.2. The largest absolute Gasteiger partial charge is 0.316 e. The summed E-state index contributed by atoms with van der Waals surface area (Å²) in [6, 6.07) is 2.00. The van der Waals surface area contributed by atoms with E-state index in [2.05, 4.69) is 33.2 Å². The standard InChI is InChI=1S/C17H16ClN5/c1-23-16(18)14(10-19)22-17(23)13-8-4-2-3-6-12-7-5-9-20-15(12)11-21-13/h3,5-6,8-9,11-12H,2,4,7H2,1H3/b6-3-,13-8-,21-11?. The van der Waals surface area contributed by atoms with Gasteiger partial charge in [0.25, 0.3) is 0 Å². The number of halogens is 1. The molecule has 0 fully saturated rings. The monoisotopic (exact) mass is 325 g/mol. The number of hydrogen-bond acceptors (Lipinski definition) is 4. The van der Waals surface area contributed by atoms with Crippen LogP contribution in [0, 0.1) is 17.2 Å². The fourth-order valence-electron chi connectivity index (χ4n) is 2.56. The number of allylic oxidation sites excluding steroid dienone is 4. The number of aromatic nitrogens is 2. The second-order valence-electron chi connectivity index (χ2n) is 5.38. The van der Waals surface area contributed by atoms with E-state index in [0.29, 0.717) is 16.7 Å². The van der Waals surface area contributed by atoms with E-state index >= 15 is 0 Å². The highest BCUT2D eigenvalue weighted by atomic mass is 35.5. The predicted molar refractivity (Wildman–Crippen MR) is 92.5 cm³/mol. The van der Waals surface area contributed by atoms with Gasteiger partial charge in [0.1, 0.15) is 16.9 Å². The van der Waals surface area contributed by atoms with E-state index in [1.165, 1.54) is 0 Å². The molecule has 2 aliphatic heterocycles. The van der Waals surface area contributed by atoms with Gasteiger partial charge in [-0.25, -0.2) is 4.98 Å². The Hall–Kier alpha value is -2.45. The summed E-state index contributed by atoms with van der Waals surface area (Å²) < 4.78 is 1.69. The van der Waals surface area contributed by atoms with Crippen molar-refractivity contribution in [3.63, 3.8) is 0 Å². The predicted octanol–water partition coefficient (Wildman–Crippen LogP) is 3.68. The lowest BCUT2D eigenvalue weighted by atomic mass is 9.96. The van der Waals surface area contributed by atoms with Crippen molar-refractivity contribution in [3.8, 4) is 6.07 Å². The zero-order valence-electron chi connectivity index (χ0n) is 12.8. The van der Waals surface area contributed by atoms with Crippen molar-refractivity contribution in [2.24, 2.45) is 23.0 Å². The third-order valence-electron chi connectivity index (χ3n) is 3.83. The summed E-state index contributed by atoms with van der Waals surface area (Å²) in [5, 5.41) is 9.41. The average Bonchev–Trinajstić information content (AvgIpc) is 2.87. The van der Waals surface area contributed by atoms with E-state index in [9.17, 15) is 0 Å². The Kier molecular flexibility index (Phi) is 4.54. The van der Waals surface area contributed by atoms with Gasteiger partial charge in [-0.3, -0.25) is 9.98 Å². The second kappa shape index (κ2) is 6.76. The Morgan fingerprint density at radius 3 is 3.00 bits per heavy atom. The van der Waals surface area contributed by atoms with Gasteiger partial charge in [0.2, 0.25) is 0 Å². The number of rotatable bonds is 1. The molecule has 0 N–H and O–H groups in total. The van der Waals surface area contributed by atoms with Crippen molar-refractivity contribution in [1.82, 2.24) is 9.55 Å². The molecule has 6 heteroatoms. The Morgan fingerprint density at radius 2 is 2.22 bits per heavy atom. The smallest absolute Gasteiger partial charge is 0.178 e. The van der Waals surface area contributed by atoms with Gasteiger partial charge in [-0.05, 0) is 19.3 Å². The van der Waals surface area contributed by atoms with Crippen LogP contribution in [0.2, 0.25) is 5.15 Å². The van der Waals surface area contributed by atoms with Crippen LogP contribution in [-0.4, -0.2) is 21.5 Å². The molecule has 0 spiro atoms. The van der Waals surface area contributed by atoms with Crippen LogP contribution in [0.1, 0.15) is 30.8 Å². The minimum absolute atomic E-state index is 0.216. The molecule has 0 radical (unpaired) electrons. The van der Waals surface area contributed by atoms with Crippen LogP contribution in [0.4, 0.5) is 0 Å². The molecule has 0 aromatic carbocycles. The van der Waals surface area contributed by atoms with E-state index in [1.54, 1.807) is 17.8 Å². The minimum atomic E-state index is 0.216. The SMILES string of the molecule is Cn1c(/C2=C/CC/C=C\C3CC=CN=C3C=N2)nc(C#N)c1Cl. The van der Waals surface area contributed by atoms with Crippen LogP contribution in [0.5, 0.6) is 0 Å².